The van der Waals surface area contributed by atoms with E-state index < -0.39 is 33.6 Å². The molecule has 0 radical (unpaired) electrons. The van der Waals surface area contributed by atoms with Crippen molar-refractivity contribution in [2.75, 3.05) is 0 Å². The Morgan fingerprint density at radius 1 is 1.27 bits per heavy atom. The maximum absolute atomic E-state index is 12.4. The molecule has 22 heavy (non-hydrogen) atoms. The van der Waals surface area contributed by atoms with E-state index in [4.69, 9.17) is 11.6 Å². The van der Waals surface area contributed by atoms with E-state index in [2.05, 4.69) is 0 Å². The SMILES string of the molecule is CC1(C)CC(=O)C(C(=O)c2ccc([N+](=O)[O-])cc2Cl)C(=O)C1. The highest BCUT2D eigenvalue weighted by Gasteiger charge is 2.44. The quantitative estimate of drug-likeness (QED) is 0.369. The number of benzene rings is 1. The number of rotatable bonds is 3. The Balaban J connectivity index is 2.34. The topological polar surface area (TPSA) is 94.3 Å². The van der Waals surface area contributed by atoms with E-state index in [0.29, 0.717) is 0 Å². The first-order valence-corrected chi connectivity index (χ1v) is 7.04. The van der Waals surface area contributed by atoms with E-state index >= 15 is 0 Å². The minimum absolute atomic E-state index is 0.0429. The number of halogens is 1. The summed E-state index contributed by atoms with van der Waals surface area (Å²) >= 11 is 5.89. The van der Waals surface area contributed by atoms with Crippen molar-refractivity contribution in [2.24, 2.45) is 11.3 Å². The summed E-state index contributed by atoms with van der Waals surface area (Å²) in [6, 6.07) is 3.35. The molecule has 1 aromatic rings. The molecule has 1 aliphatic carbocycles. The Bertz CT molecular complexity index is 675. The van der Waals surface area contributed by atoms with E-state index in [-0.39, 0.29) is 29.1 Å². The van der Waals surface area contributed by atoms with Crippen LogP contribution in [0.2, 0.25) is 5.02 Å². The standard InChI is InChI=1S/C15H14ClNO5/c1-15(2)6-11(18)13(12(19)7-15)14(20)9-4-3-8(17(21)22)5-10(9)16/h3-5,13H,6-7H2,1-2H3. The van der Waals surface area contributed by atoms with Gasteiger partial charge >= 0.3 is 0 Å². The molecule has 0 aliphatic heterocycles. The number of carbonyl (C=O) groups is 3. The molecule has 6 nitrogen and oxygen atoms in total. The maximum Gasteiger partial charge on any atom is 0.270 e. The molecule has 0 aromatic heterocycles. The molecule has 0 amide bonds. The van der Waals surface area contributed by atoms with Crippen LogP contribution in [0.5, 0.6) is 0 Å². The summed E-state index contributed by atoms with van der Waals surface area (Å²) in [5, 5.41) is 10.5. The van der Waals surface area contributed by atoms with E-state index in [1.807, 2.05) is 0 Å². The average Bonchev–Trinajstić information content (AvgIpc) is 2.35. The van der Waals surface area contributed by atoms with Crippen LogP contribution in [-0.4, -0.2) is 22.3 Å². The van der Waals surface area contributed by atoms with Crippen molar-refractivity contribution >= 4 is 34.6 Å². The Morgan fingerprint density at radius 2 is 1.82 bits per heavy atom. The minimum atomic E-state index is -1.35. The Labute approximate surface area is 131 Å². The van der Waals surface area contributed by atoms with Gasteiger partial charge in [-0.2, -0.15) is 0 Å². The highest BCUT2D eigenvalue weighted by Crippen LogP contribution is 2.36. The van der Waals surface area contributed by atoms with E-state index in [1.165, 1.54) is 6.07 Å². The number of nitro benzene ring substituents is 1. The van der Waals surface area contributed by atoms with Gasteiger partial charge in [-0.1, -0.05) is 25.4 Å². The fourth-order valence-corrected chi connectivity index (χ4v) is 2.92. The molecule has 2 rings (SSSR count). The minimum Gasteiger partial charge on any atom is -0.298 e. The van der Waals surface area contributed by atoms with Crippen molar-refractivity contribution in [2.45, 2.75) is 26.7 Å². The van der Waals surface area contributed by atoms with E-state index in [0.717, 1.165) is 12.1 Å². The van der Waals surface area contributed by atoms with Gasteiger partial charge in [0.05, 0.1) is 9.95 Å². The van der Waals surface area contributed by atoms with Crippen molar-refractivity contribution in [3.63, 3.8) is 0 Å². The van der Waals surface area contributed by atoms with Crippen LogP contribution in [0.3, 0.4) is 0 Å². The monoisotopic (exact) mass is 323 g/mol. The molecule has 0 atom stereocenters. The molecule has 116 valence electrons. The van der Waals surface area contributed by atoms with E-state index in [9.17, 15) is 24.5 Å². The molecule has 0 unspecified atom stereocenters. The summed E-state index contributed by atoms with van der Waals surface area (Å²) < 4.78 is 0. The molecule has 7 heteroatoms. The van der Waals surface area contributed by atoms with Crippen molar-refractivity contribution in [1.29, 1.82) is 0 Å². The second kappa shape index (κ2) is 5.61. The Morgan fingerprint density at radius 3 is 2.27 bits per heavy atom. The summed E-state index contributed by atoms with van der Waals surface area (Å²) in [6.07, 6.45) is 0.277. The van der Waals surface area contributed by atoms with Gasteiger partial charge in [-0.05, 0) is 11.5 Å². The van der Waals surface area contributed by atoms with Crippen LogP contribution in [0, 0.1) is 21.4 Å². The fourth-order valence-electron chi connectivity index (χ4n) is 2.65. The van der Waals surface area contributed by atoms with Crippen molar-refractivity contribution in [1.82, 2.24) is 0 Å². The molecule has 1 aliphatic rings. The summed E-state index contributed by atoms with van der Waals surface area (Å²) in [7, 11) is 0. The van der Waals surface area contributed by atoms with Crippen molar-refractivity contribution < 1.29 is 19.3 Å². The smallest absolute Gasteiger partial charge is 0.270 e. The lowest BCUT2D eigenvalue weighted by Gasteiger charge is -2.31. The third-order valence-corrected chi connectivity index (χ3v) is 3.95. The lowest BCUT2D eigenvalue weighted by atomic mass is 9.70. The zero-order chi connectivity index (χ0) is 16.7. The Kier molecular flexibility index (Phi) is 4.15. The van der Waals surface area contributed by atoms with Crippen molar-refractivity contribution in [3.05, 3.63) is 38.9 Å². The molecule has 0 heterocycles. The number of nitro groups is 1. The van der Waals surface area contributed by atoms with E-state index in [1.54, 1.807) is 13.8 Å². The number of hydrogen-bond acceptors (Lipinski definition) is 5. The van der Waals surface area contributed by atoms with Gasteiger partial charge in [-0.15, -0.1) is 0 Å². The zero-order valence-electron chi connectivity index (χ0n) is 12.1. The predicted octanol–water partition coefficient (Wildman–Crippen LogP) is 3.01. The van der Waals surface area contributed by atoms with Gasteiger partial charge in [-0.3, -0.25) is 24.5 Å². The van der Waals surface area contributed by atoms with Crippen LogP contribution in [0.1, 0.15) is 37.0 Å². The van der Waals surface area contributed by atoms with Crippen LogP contribution >= 0.6 is 11.6 Å². The first kappa shape index (κ1) is 16.3. The predicted molar refractivity (Wildman–Crippen MR) is 79.0 cm³/mol. The average molecular weight is 324 g/mol. The maximum atomic E-state index is 12.4. The molecule has 0 spiro atoms. The van der Waals surface area contributed by atoms with Crippen LogP contribution in [-0.2, 0) is 9.59 Å². The van der Waals surface area contributed by atoms with Crippen LogP contribution in [0.4, 0.5) is 5.69 Å². The fraction of sp³-hybridized carbons (Fsp3) is 0.400. The van der Waals surface area contributed by atoms with Crippen LogP contribution in [0.25, 0.3) is 0 Å². The number of nitrogens with zero attached hydrogens (tertiary/aromatic N) is 1. The third kappa shape index (κ3) is 3.06. The largest absolute Gasteiger partial charge is 0.298 e. The van der Waals surface area contributed by atoms with Crippen LogP contribution in [0.15, 0.2) is 18.2 Å². The molecule has 0 bridgehead atoms. The highest BCUT2D eigenvalue weighted by molar-refractivity contribution is 6.36. The molecule has 1 fully saturated rings. The second-order valence-electron chi connectivity index (χ2n) is 6.17. The number of hydrogen-bond donors (Lipinski definition) is 0. The lowest BCUT2D eigenvalue weighted by molar-refractivity contribution is -0.384. The van der Waals surface area contributed by atoms with Gasteiger partial charge in [0.25, 0.3) is 5.69 Å². The van der Waals surface area contributed by atoms with Gasteiger partial charge in [0.1, 0.15) is 5.92 Å². The highest BCUT2D eigenvalue weighted by atomic mass is 35.5. The normalized spacial score (nSPS) is 18.3. The van der Waals surface area contributed by atoms with Gasteiger partial charge in [0.2, 0.25) is 0 Å². The van der Waals surface area contributed by atoms with Crippen molar-refractivity contribution in [3.8, 4) is 0 Å². The molecule has 0 saturated heterocycles. The summed E-state index contributed by atoms with van der Waals surface area (Å²) in [4.78, 5) is 46.7. The molecule has 0 N–H and O–H groups in total. The first-order valence-electron chi connectivity index (χ1n) is 6.66. The lowest BCUT2D eigenvalue weighted by Crippen LogP contribution is -2.41. The molecule has 1 saturated carbocycles. The van der Waals surface area contributed by atoms with Gasteiger partial charge < -0.3 is 0 Å². The van der Waals surface area contributed by atoms with Gasteiger partial charge in [0.15, 0.2) is 17.3 Å². The summed E-state index contributed by atoms with van der Waals surface area (Å²) in [5.41, 5.74) is -0.757. The summed E-state index contributed by atoms with van der Waals surface area (Å²) in [5.74, 6) is -2.90. The number of ketones is 3. The molecule has 1 aromatic carbocycles. The number of non-ortho nitro benzene ring substituents is 1. The zero-order valence-corrected chi connectivity index (χ0v) is 12.8. The Hall–Kier alpha value is -2.08. The molecular formula is C15H14ClNO5. The second-order valence-corrected chi connectivity index (χ2v) is 6.58. The van der Waals surface area contributed by atoms with Crippen LogP contribution < -0.4 is 0 Å². The number of carbonyl (C=O) groups excluding carboxylic acids is 3. The van der Waals surface area contributed by atoms with Gasteiger partial charge in [-0.25, -0.2) is 0 Å². The first-order chi connectivity index (χ1) is 10.1. The van der Waals surface area contributed by atoms with Gasteiger partial charge in [0, 0.05) is 30.5 Å². The number of Topliss-reactive ketones (excluding diaryl/α,β-unsaturated/α-hetero) is 3. The molecular weight excluding hydrogens is 310 g/mol. The summed E-state index contributed by atoms with van der Waals surface area (Å²) in [6.45, 7) is 3.59. The third-order valence-electron chi connectivity index (χ3n) is 3.64.